The number of carbonyl (C=O) groups is 3. The fourth-order valence-electron chi connectivity index (χ4n) is 4.01. The first-order valence-electron chi connectivity index (χ1n) is 13.3. The molecule has 0 spiro atoms. The summed E-state index contributed by atoms with van der Waals surface area (Å²) in [5.74, 6) is -0.950. The summed E-state index contributed by atoms with van der Waals surface area (Å²) in [5.41, 5.74) is 5.94. The first-order valence-corrected chi connectivity index (χ1v) is 14.2. The first-order chi connectivity index (χ1) is 19.7. The van der Waals surface area contributed by atoms with Crippen molar-refractivity contribution < 1.29 is 14.4 Å². The zero-order valence-corrected chi connectivity index (χ0v) is 24.3. The molecule has 3 N–H and O–H groups in total. The molecule has 7 heteroatoms. The Balaban J connectivity index is 1.48. The van der Waals surface area contributed by atoms with Crippen molar-refractivity contribution in [2.45, 2.75) is 37.8 Å². The molecule has 0 heterocycles. The molecule has 0 saturated carbocycles. The normalized spacial score (nSPS) is 11.9. The van der Waals surface area contributed by atoms with Gasteiger partial charge >= 0.3 is 0 Å². The van der Waals surface area contributed by atoms with Crippen LogP contribution in [0.5, 0.6) is 0 Å². The minimum atomic E-state index is -0.458. The van der Waals surface area contributed by atoms with Crippen molar-refractivity contribution in [2.75, 3.05) is 10.6 Å². The van der Waals surface area contributed by atoms with Gasteiger partial charge in [0.05, 0.1) is 5.25 Å². The quantitative estimate of drug-likeness (QED) is 0.149. The number of thioether (sulfide) groups is 1. The maximum atomic E-state index is 13.4. The van der Waals surface area contributed by atoms with E-state index in [1.807, 2.05) is 94.4 Å². The highest BCUT2D eigenvalue weighted by Gasteiger charge is 2.18. The number of hydrogen-bond acceptors (Lipinski definition) is 4. The number of hydrogen-bond donors (Lipinski definition) is 3. The Kier molecular flexibility index (Phi) is 9.77. The summed E-state index contributed by atoms with van der Waals surface area (Å²) in [6, 6.07) is 29.5. The fourth-order valence-corrected chi connectivity index (χ4v) is 4.94. The van der Waals surface area contributed by atoms with E-state index in [9.17, 15) is 14.4 Å². The van der Waals surface area contributed by atoms with Gasteiger partial charge in [0.2, 0.25) is 5.91 Å². The maximum Gasteiger partial charge on any atom is 0.272 e. The van der Waals surface area contributed by atoms with Gasteiger partial charge in [-0.3, -0.25) is 14.4 Å². The highest BCUT2D eigenvalue weighted by Crippen LogP contribution is 2.27. The molecule has 0 fully saturated rings. The molecule has 1 atom stereocenters. The Morgan fingerprint density at radius 1 is 0.707 bits per heavy atom. The second kappa shape index (κ2) is 13.6. The van der Waals surface area contributed by atoms with Crippen LogP contribution in [0.25, 0.3) is 6.08 Å². The van der Waals surface area contributed by atoms with Crippen molar-refractivity contribution in [3.8, 4) is 0 Å². The van der Waals surface area contributed by atoms with Crippen molar-refractivity contribution in [3.63, 3.8) is 0 Å². The van der Waals surface area contributed by atoms with Crippen LogP contribution >= 0.6 is 11.8 Å². The first kappa shape index (κ1) is 29.4. The lowest BCUT2D eigenvalue weighted by molar-refractivity contribution is -0.115. The second-order valence-corrected chi connectivity index (χ2v) is 11.2. The van der Waals surface area contributed by atoms with Crippen LogP contribution in [0, 0.1) is 20.8 Å². The van der Waals surface area contributed by atoms with E-state index in [1.54, 1.807) is 36.4 Å². The molecule has 0 bridgehead atoms. The minimum Gasteiger partial charge on any atom is -0.325 e. The summed E-state index contributed by atoms with van der Waals surface area (Å²) >= 11 is 1.39. The molecule has 4 aromatic carbocycles. The van der Waals surface area contributed by atoms with Gasteiger partial charge in [0, 0.05) is 21.8 Å². The van der Waals surface area contributed by atoms with Gasteiger partial charge in [0.15, 0.2) is 0 Å². The van der Waals surface area contributed by atoms with Crippen LogP contribution in [-0.4, -0.2) is 23.0 Å². The molecule has 41 heavy (non-hydrogen) atoms. The van der Waals surface area contributed by atoms with Gasteiger partial charge in [-0.05, 0) is 98.5 Å². The molecular weight excluding hydrogens is 530 g/mol. The van der Waals surface area contributed by atoms with E-state index in [0.717, 1.165) is 27.3 Å². The Morgan fingerprint density at radius 2 is 1.41 bits per heavy atom. The number of rotatable bonds is 9. The van der Waals surface area contributed by atoms with Crippen molar-refractivity contribution in [3.05, 3.63) is 131 Å². The van der Waals surface area contributed by atoms with Crippen molar-refractivity contribution in [1.29, 1.82) is 0 Å². The van der Waals surface area contributed by atoms with E-state index < -0.39 is 5.91 Å². The molecular formula is C34H33N3O3S. The third kappa shape index (κ3) is 8.19. The van der Waals surface area contributed by atoms with E-state index in [4.69, 9.17) is 0 Å². The standard InChI is InChI=1S/C34H33N3O3S/c1-22-17-18-29(19-24(22)3)35-32(38)25(4)41-30-16-10-15-28(21-30)36-34(40)31(20-27-14-9-8-11-23(27)2)37-33(39)26-12-6-5-7-13-26/h5-21,25H,1-4H3,(H,35,38)(H,36,40)(H,37,39)/b31-20-. The van der Waals surface area contributed by atoms with Gasteiger partial charge in [-0.2, -0.15) is 0 Å². The Hall–Kier alpha value is -4.62. The predicted molar refractivity (Wildman–Crippen MR) is 168 cm³/mol. The molecule has 6 nitrogen and oxygen atoms in total. The average Bonchev–Trinajstić information content (AvgIpc) is 2.96. The summed E-state index contributed by atoms with van der Waals surface area (Å²) in [5, 5.41) is 8.27. The molecule has 4 rings (SSSR count). The molecule has 0 aliphatic rings. The minimum absolute atomic E-state index is 0.111. The molecule has 208 valence electrons. The number of benzene rings is 4. The van der Waals surface area contributed by atoms with E-state index in [0.29, 0.717) is 11.3 Å². The zero-order chi connectivity index (χ0) is 29.4. The van der Waals surface area contributed by atoms with E-state index in [1.165, 1.54) is 17.3 Å². The number of amides is 3. The van der Waals surface area contributed by atoms with Crippen LogP contribution in [-0.2, 0) is 9.59 Å². The average molecular weight is 564 g/mol. The van der Waals surface area contributed by atoms with Gasteiger partial charge in [-0.1, -0.05) is 54.6 Å². The fraction of sp³-hybridized carbons (Fsp3) is 0.147. The molecule has 1 unspecified atom stereocenters. The van der Waals surface area contributed by atoms with Gasteiger partial charge < -0.3 is 16.0 Å². The number of nitrogens with one attached hydrogen (secondary N) is 3. The van der Waals surface area contributed by atoms with Crippen molar-refractivity contribution >= 4 is 46.9 Å². The van der Waals surface area contributed by atoms with Crippen LogP contribution in [0.1, 0.15) is 39.5 Å². The van der Waals surface area contributed by atoms with E-state index >= 15 is 0 Å². The zero-order valence-electron chi connectivity index (χ0n) is 23.5. The van der Waals surface area contributed by atoms with Crippen molar-refractivity contribution in [1.82, 2.24) is 5.32 Å². The lowest BCUT2D eigenvalue weighted by atomic mass is 10.1. The third-order valence-corrected chi connectivity index (χ3v) is 7.66. The highest BCUT2D eigenvalue weighted by atomic mass is 32.2. The van der Waals surface area contributed by atoms with Crippen LogP contribution in [0.2, 0.25) is 0 Å². The Bertz CT molecular complexity index is 1600. The maximum absolute atomic E-state index is 13.4. The Labute approximate surface area is 245 Å². The van der Waals surface area contributed by atoms with Crippen LogP contribution in [0.4, 0.5) is 11.4 Å². The molecule has 0 aliphatic carbocycles. The van der Waals surface area contributed by atoms with Gasteiger partial charge in [0.1, 0.15) is 5.70 Å². The summed E-state index contributed by atoms with van der Waals surface area (Å²) < 4.78 is 0. The number of anilines is 2. The van der Waals surface area contributed by atoms with Gasteiger partial charge in [0.25, 0.3) is 11.8 Å². The largest absolute Gasteiger partial charge is 0.325 e. The summed E-state index contributed by atoms with van der Waals surface area (Å²) in [6.45, 7) is 7.83. The molecule has 0 saturated heterocycles. The smallest absolute Gasteiger partial charge is 0.272 e. The topological polar surface area (TPSA) is 87.3 Å². The van der Waals surface area contributed by atoms with Crippen LogP contribution in [0.15, 0.2) is 108 Å². The lowest BCUT2D eigenvalue weighted by Gasteiger charge is -2.15. The summed E-state index contributed by atoms with van der Waals surface area (Å²) in [4.78, 5) is 40.0. The predicted octanol–water partition coefficient (Wildman–Crippen LogP) is 7.14. The van der Waals surface area contributed by atoms with E-state index in [2.05, 4.69) is 16.0 Å². The van der Waals surface area contributed by atoms with Crippen LogP contribution < -0.4 is 16.0 Å². The van der Waals surface area contributed by atoms with E-state index in [-0.39, 0.29) is 22.8 Å². The summed E-state index contributed by atoms with van der Waals surface area (Å²) in [6.07, 6.45) is 1.67. The molecule has 0 radical (unpaired) electrons. The molecule has 0 aliphatic heterocycles. The highest BCUT2D eigenvalue weighted by molar-refractivity contribution is 8.00. The SMILES string of the molecule is Cc1ccc(NC(=O)C(C)Sc2cccc(NC(=O)/C(=C/c3ccccc3C)NC(=O)c3ccccc3)c2)cc1C. The molecule has 3 amide bonds. The van der Waals surface area contributed by atoms with Gasteiger partial charge in [-0.15, -0.1) is 11.8 Å². The Morgan fingerprint density at radius 3 is 2.15 bits per heavy atom. The molecule has 4 aromatic rings. The third-order valence-electron chi connectivity index (χ3n) is 6.57. The van der Waals surface area contributed by atoms with Crippen LogP contribution in [0.3, 0.4) is 0 Å². The van der Waals surface area contributed by atoms with Crippen molar-refractivity contribution in [2.24, 2.45) is 0 Å². The number of carbonyl (C=O) groups excluding carboxylic acids is 3. The lowest BCUT2D eigenvalue weighted by Crippen LogP contribution is -2.30. The molecule has 0 aromatic heterocycles. The second-order valence-electron chi connectivity index (χ2n) is 9.77. The number of aryl methyl sites for hydroxylation is 3. The monoisotopic (exact) mass is 563 g/mol. The summed E-state index contributed by atoms with van der Waals surface area (Å²) in [7, 11) is 0. The van der Waals surface area contributed by atoms with Gasteiger partial charge in [-0.25, -0.2) is 0 Å².